The van der Waals surface area contributed by atoms with Gasteiger partial charge in [0, 0.05) is 10.8 Å². The van der Waals surface area contributed by atoms with Crippen molar-refractivity contribution in [3.05, 3.63) is 69.4 Å². The highest BCUT2D eigenvalue weighted by molar-refractivity contribution is 9.10. The number of rotatable bonds is 6. The van der Waals surface area contributed by atoms with Crippen molar-refractivity contribution in [2.45, 2.75) is 10.9 Å². The normalized spacial score (nSPS) is 11.2. The number of ether oxygens (including phenoxy) is 1. The zero-order chi connectivity index (χ0) is 17.6. The van der Waals surface area contributed by atoms with Crippen molar-refractivity contribution in [2.24, 2.45) is 5.10 Å². The number of hydrogen-bond donors (Lipinski definition) is 0. The first-order valence-corrected chi connectivity index (χ1v) is 9.46. The van der Waals surface area contributed by atoms with Gasteiger partial charge in [0.15, 0.2) is 0 Å². The molecular weight excluding hydrogens is 424 g/mol. The van der Waals surface area contributed by atoms with Gasteiger partial charge >= 0.3 is 0 Å². The molecule has 0 radical (unpaired) electrons. The standard InChI is InChI=1S/C17H14BrClN4OS/c1-24-16-7-4-13(8-15(16)18)9-21-23-11-20-22-17(23)25-10-12-2-5-14(19)6-3-12/h2-9,11H,10H2,1H3. The molecule has 0 bridgehead atoms. The van der Waals surface area contributed by atoms with E-state index in [1.165, 1.54) is 0 Å². The molecule has 1 aromatic heterocycles. The highest BCUT2D eigenvalue weighted by Crippen LogP contribution is 2.25. The minimum Gasteiger partial charge on any atom is -0.496 e. The molecule has 0 amide bonds. The Labute approximate surface area is 163 Å². The molecule has 0 atom stereocenters. The number of nitrogens with zero attached hydrogens (tertiary/aromatic N) is 4. The highest BCUT2D eigenvalue weighted by atomic mass is 79.9. The third-order valence-electron chi connectivity index (χ3n) is 3.29. The smallest absolute Gasteiger partial charge is 0.212 e. The quantitative estimate of drug-likeness (QED) is 0.407. The van der Waals surface area contributed by atoms with Gasteiger partial charge in [0.1, 0.15) is 12.1 Å². The molecule has 0 N–H and O–H groups in total. The summed E-state index contributed by atoms with van der Waals surface area (Å²) in [6.45, 7) is 0. The fourth-order valence-electron chi connectivity index (χ4n) is 2.01. The van der Waals surface area contributed by atoms with E-state index in [0.29, 0.717) is 0 Å². The summed E-state index contributed by atoms with van der Waals surface area (Å²) in [5.74, 6) is 1.54. The van der Waals surface area contributed by atoms with E-state index in [1.807, 2.05) is 42.5 Å². The lowest BCUT2D eigenvalue weighted by Gasteiger charge is -2.04. The van der Waals surface area contributed by atoms with Crippen molar-refractivity contribution < 1.29 is 4.74 Å². The highest BCUT2D eigenvalue weighted by Gasteiger charge is 2.05. The van der Waals surface area contributed by atoms with E-state index in [9.17, 15) is 0 Å². The molecule has 0 aliphatic heterocycles. The van der Waals surface area contributed by atoms with Crippen molar-refractivity contribution in [1.29, 1.82) is 0 Å². The van der Waals surface area contributed by atoms with Crippen molar-refractivity contribution in [1.82, 2.24) is 14.9 Å². The second-order valence-electron chi connectivity index (χ2n) is 5.01. The maximum Gasteiger partial charge on any atom is 0.212 e. The van der Waals surface area contributed by atoms with E-state index in [1.54, 1.807) is 36.1 Å². The second-order valence-corrected chi connectivity index (χ2v) is 7.25. The summed E-state index contributed by atoms with van der Waals surface area (Å²) in [7, 11) is 1.63. The number of hydrogen-bond acceptors (Lipinski definition) is 5. The summed E-state index contributed by atoms with van der Waals surface area (Å²) in [6, 6.07) is 13.5. The largest absolute Gasteiger partial charge is 0.496 e. The lowest BCUT2D eigenvalue weighted by molar-refractivity contribution is 0.412. The van der Waals surface area contributed by atoms with Crippen LogP contribution in [-0.2, 0) is 5.75 Å². The summed E-state index contributed by atoms with van der Waals surface area (Å²) in [6.07, 6.45) is 3.33. The molecule has 0 aliphatic rings. The predicted octanol–water partition coefficient (Wildman–Crippen LogP) is 4.88. The first kappa shape index (κ1) is 18.0. The Morgan fingerprint density at radius 1 is 1.28 bits per heavy atom. The summed E-state index contributed by atoms with van der Waals surface area (Å²) in [4.78, 5) is 0. The van der Waals surface area contributed by atoms with Crippen LogP contribution in [0.1, 0.15) is 11.1 Å². The van der Waals surface area contributed by atoms with E-state index in [0.717, 1.165) is 37.3 Å². The third-order valence-corrected chi connectivity index (χ3v) is 5.16. The van der Waals surface area contributed by atoms with Crippen LogP contribution in [0.2, 0.25) is 5.02 Å². The average Bonchev–Trinajstić information content (AvgIpc) is 3.07. The van der Waals surface area contributed by atoms with Crippen molar-refractivity contribution in [3.8, 4) is 5.75 Å². The molecule has 2 aromatic carbocycles. The Balaban J connectivity index is 1.68. The van der Waals surface area contributed by atoms with E-state index >= 15 is 0 Å². The van der Waals surface area contributed by atoms with Crippen LogP contribution in [0.5, 0.6) is 5.75 Å². The number of halogens is 2. The van der Waals surface area contributed by atoms with E-state index < -0.39 is 0 Å². The van der Waals surface area contributed by atoms with Gasteiger partial charge in [-0.15, -0.1) is 10.2 Å². The van der Waals surface area contributed by atoms with Crippen LogP contribution in [0.4, 0.5) is 0 Å². The summed E-state index contributed by atoms with van der Waals surface area (Å²) in [5.41, 5.74) is 2.10. The lowest BCUT2D eigenvalue weighted by Crippen LogP contribution is -1.93. The first-order valence-electron chi connectivity index (χ1n) is 7.31. The van der Waals surface area contributed by atoms with Crippen LogP contribution >= 0.6 is 39.3 Å². The van der Waals surface area contributed by atoms with Gasteiger partial charge in [-0.2, -0.15) is 9.78 Å². The minimum atomic E-state index is 0.721. The molecule has 0 saturated carbocycles. The number of methoxy groups -OCH3 is 1. The van der Waals surface area contributed by atoms with Crippen LogP contribution in [-0.4, -0.2) is 28.2 Å². The molecule has 0 spiro atoms. The molecule has 8 heteroatoms. The number of aromatic nitrogens is 3. The fourth-order valence-corrected chi connectivity index (χ4v) is 3.52. The molecular formula is C17H14BrClN4OS. The fraction of sp³-hybridized carbons (Fsp3) is 0.118. The van der Waals surface area contributed by atoms with Gasteiger partial charge in [0.05, 0.1) is 17.8 Å². The van der Waals surface area contributed by atoms with E-state index in [-0.39, 0.29) is 0 Å². The van der Waals surface area contributed by atoms with Crippen molar-refractivity contribution in [2.75, 3.05) is 7.11 Å². The molecule has 0 aliphatic carbocycles. The summed E-state index contributed by atoms with van der Waals surface area (Å²) in [5, 5.41) is 13.9. The zero-order valence-corrected chi connectivity index (χ0v) is 16.4. The van der Waals surface area contributed by atoms with E-state index in [2.05, 4.69) is 31.2 Å². The summed E-state index contributed by atoms with van der Waals surface area (Å²) < 4.78 is 7.75. The monoisotopic (exact) mass is 436 g/mol. The number of thioether (sulfide) groups is 1. The Morgan fingerprint density at radius 3 is 2.80 bits per heavy atom. The maximum absolute atomic E-state index is 5.90. The van der Waals surface area contributed by atoms with Gasteiger partial charge < -0.3 is 4.74 Å². The molecule has 0 unspecified atom stereocenters. The molecule has 5 nitrogen and oxygen atoms in total. The van der Waals surface area contributed by atoms with Crippen LogP contribution in [0.15, 0.2) is 63.5 Å². The minimum absolute atomic E-state index is 0.721. The SMILES string of the molecule is COc1ccc(C=Nn2cnnc2SCc2ccc(Cl)cc2)cc1Br. The van der Waals surface area contributed by atoms with E-state index in [4.69, 9.17) is 16.3 Å². The predicted molar refractivity (Wildman–Crippen MR) is 105 cm³/mol. The Bertz CT molecular complexity index is 883. The molecule has 0 saturated heterocycles. The van der Waals surface area contributed by atoms with Crippen molar-refractivity contribution >= 4 is 45.5 Å². The molecule has 128 valence electrons. The van der Waals surface area contributed by atoms with Crippen LogP contribution in [0, 0.1) is 0 Å². The van der Waals surface area contributed by atoms with Gasteiger partial charge in [-0.1, -0.05) is 35.5 Å². The zero-order valence-electron chi connectivity index (χ0n) is 13.3. The average molecular weight is 438 g/mol. The van der Waals surface area contributed by atoms with Gasteiger partial charge in [0.25, 0.3) is 0 Å². The van der Waals surface area contributed by atoms with Crippen LogP contribution in [0.25, 0.3) is 0 Å². The Hall–Kier alpha value is -1.83. The van der Waals surface area contributed by atoms with Gasteiger partial charge in [-0.25, -0.2) is 0 Å². The molecule has 3 rings (SSSR count). The van der Waals surface area contributed by atoms with Gasteiger partial charge in [0.2, 0.25) is 5.16 Å². The van der Waals surface area contributed by atoms with Gasteiger partial charge in [-0.3, -0.25) is 0 Å². The molecule has 1 heterocycles. The summed E-state index contributed by atoms with van der Waals surface area (Å²) >= 11 is 10.9. The maximum atomic E-state index is 5.90. The molecule has 25 heavy (non-hydrogen) atoms. The van der Waals surface area contributed by atoms with Gasteiger partial charge in [-0.05, 0) is 57.4 Å². The van der Waals surface area contributed by atoms with Crippen LogP contribution in [0.3, 0.4) is 0 Å². The van der Waals surface area contributed by atoms with Crippen molar-refractivity contribution in [3.63, 3.8) is 0 Å². The Kier molecular flexibility index (Phi) is 6.12. The lowest BCUT2D eigenvalue weighted by atomic mass is 10.2. The first-order chi connectivity index (χ1) is 12.2. The molecule has 3 aromatic rings. The topological polar surface area (TPSA) is 52.3 Å². The third kappa shape index (κ3) is 4.84. The Morgan fingerprint density at radius 2 is 2.08 bits per heavy atom. The number of benzene rings is 2. The molecule has 0 fully saturated rings. The van der Waals surface area contributed by atoms with Crippen LogP contribution < -0.4 is 4.74 Å². The second kappa shape index (κ2) is 8.51.